The Hall–Kier alpha value is -1.20. The van der Waals surface area contributed by atoms with Crippen LogP contribution in [0.4, 0.5) is 10.5 Å². The van der Waals surface area contributed by atoms with Crippen LogP contribution in [0.2, 0.25) is 0 Å². The number of benzene rings is 1. The van der Waals surface area contributed by atoms with Gasteiger partial charge in [-0.3, -0.25) is 0 Å². The van der Waals surface area contributed by atoms with E-state index in [1.165, 1.54) is 5.56 Å². The predicted molar refractivity (Wildman–Crippen MR) is 91.0 cm³/mol. The number of rotatable bonds is 5. The molecule has 1 aliphatic rings. The third-order valence-corrected chi connectivity index (χ3v) is 5.09. The first-order valence-electron chi connectivity index (χ1n) is 7.56. The Labute approximate surface area is 131 Å². The van der Waals surface area contributed by atoms with Crippen molar-refractivity contribution in [3.05, 3.63) is 29.8 Å². The van der Waals surface area contributed by atoms with Gasteiger partial charge in [-0.05, 0) is 43.3 Å². The number of hydrogen-bond donors (Lipinski definition) is 2. The first-order valence-corrected chi connectivity index (χ1v) is 8.72. The molecule has 2 rings (SSSR count). The van der Waals surface area contributed by atoms with Crippen LogP contribution in [0.3, 0.4) is 0 Å². The largest absolute Gasteiger partial charge is 0.324 e. The summed E-state index contributed by atoms with van der Waals surface area (Å²) in [4.78, 5) is 14.0. The topological polar surface area (TPSA) is 44.4 Å². The van der Waals surface area contributed by atoms with Crippen molar-refractivity contribution in [2.75, 3.05) is 30.4 Å². The van der Waals surface area contributed by atoms with Gasteiger partial charge >= 0.3 is 6.03 Å². The van der Waals surface area contributed by atoms with Crippen molar-refractivity contribution in [2.45, 2.75) is 32.4 Å². The van der Waals surface area contributed by atoms with Crippen molar-refractivity contribution in [2.24, 2.45) is 0 Å². The minimum Gasteiger partial charge on any atom is -0.324 e. The van der Waals surface area contributed by atoms with Gasteiger partial charge in [0.25, 0.3) is 0 Å². The first kappa shape index (κ1) is 16.2. The van der Waals surface area contributed by atoms with Gasteiger partial charge < -0.3 is 15.5 Å². The molecule has 4 nitrogen and oxygen atoms in total. The zero-order chi connectivity index (χ0) is 15.2. The van der Waals surface area contributed by atoms with Crippen LogP contribution in [0.25, 0.3) is 0 Å². The molecule has 1 aliphatic heterocycles. The summed E-state index contributed by atoms with van der Waals surface area (Å²) in [5.74, 6) is 2.20. The van der Waals surface area contributed by atoms with E-state index in [2.05, 4.69) is 36.6 Å². The van der Waals surface area contributed by atoms with E-state index in [0.29, 0.717) is 12.1 Å². The summed E-state index contributed by atoms with van der Waals surface area (Å²) in [6, 6.07) is 8.75. The fourth-order valence-corrected chi connectivity index (χ4v) is 3.75. The minimum absolute atomic E-state index is 0.0185. The van der Waals surface area contributed by atoms with Crippen molar-refractivity contribution in [3.8, 4) is 0 Å². The van der Waals surface area contributed by atoms with Crippen molar-refractivity contribution in [1.82, 2.24) is 10.2 Å². The van der Waals surface area contributed by atoms with Crippen LogP contribution < -0.4 is 10.6 Å². The molecule has 1 fully saturated rings. The molecule has 116 valence electrons. The lowest BCUT2D eigenvalue weighted by molar-refractivity contribution is 0.209. The normalized spacial score (nSPS) is 19.3. The van der Waals surface area contributed by atoms with Gasteiger partial charge in [-0.2, -0.15) is 11.8 Å². The van der Waals surface area contributed by atoms with Gasteiger partial charge in [-0.1, -0.05) is 19.1 Å². The summed E-state index contributed by atoms with van der Waals surface area (Å²) in [7, 11) is 1.88. The third-order valence-electron chi connectivity index (χ3n) is 3.95. The monoisotopic (exact) mass is 307 g/mol. The number of urea groups is 1. The Morgan fingerprint density at radius 3 is 2.71 bits per heavy atom. The lowest BCUT2D eigenvalue weighted by Crippen LogP contribution is -2.39. The SMILES string of the molecule is CCNC(C)c1ccc(NC(=O)N(C)C2CCSC2)cc1. The second-order valence-electron chi connectivity index (χ2n) is 5.46. The standard InChI is InChI=1S/C16H25N3OS/c1-4-17-12(2)13-5-7-14(8-6-13)18-16(20)19(3)15-9-10-21-11-15/h5-8,12,15,17H,4,9-11H2,1-3H3,(H,18,20). The zero-order valence-electron chi connectivity index (χ0n) is 13.1. The lowest BCUT2D eigenvalue weighted by atomic mass is 10.1. The summed E-state index contributed by atoms with van der Waals surface area (Å²) < 4.78 is 0. The molecule has 1 aromatic carbocycles. The van der Waals surface area contributed by atoms with E-state index < -0.39 is 0 Å². The molecule has 0 bridgehead atoms. The maximum atomic E-state index is 12.2. The van der Waals surface area contributed by atoms with Crippen LogP contribution in [0.15, 0.2) is 24.3 Å². The van der Waals surface area contributed by atoms with Crippen molar-refractivity contribution < 1.29 is 4.79 Å². The molecule has 0 aromatic heterocycles. The lowest BCUT2D eigenvalue weighted by Gasteiger charge is -2.24. The molecule has 2 N–H and O–H groups in total. The average Bonchev–Trinajstić information content (AvgIpc) is 3.01. The molecular weight excluding hydrogens is 282 g/mol. The summed E-state index contributed by atoms with van der Waals surface area (Å²) in [5.41, 5.74) is 2.08. The summed E-state index contributed by atoms with van der Waals surface area (Å²) in [6.45, 7) is 5.19. The van der Waals surface area contributed by atoms with Crippen LogP contribution in [0.1, 0.15) is 31.9 Å². The van der Waals surface area contributed by atoms with Gasteiger partial charge in [0.15, 0.2) is 0 Å². The first-order chi connectivity index (χ1) is 10.1. The molecule has 1 heterocycles. The molecule has 0 aliphatic carbocycles. The molecular formula is C16H25N3OS. The molecule has 0 radical (unpaired) electrons. The van der Waals surface area contributed by atoms with Crippen molar-refractivity contribution in [3.63, 3.8) is 0 Å². The van der Waals surface area contributed by atoms with Crippen LogP contribution in [0.5, 0.6) is 0 Å². The summed E-state index contributed by atoms with van der Waals surface area (Å²) in [5, 5.41) is 6.35. The summed E-state index contributed by atoms with van der Waals surface area (Å²) >= 11 is 1.92. The number of thioether (sulfide) groups is 1. The Kier molecular flexibility index (Phi) is 5.94. The van der Waals surface area contributed by atoms with Crippen molar-refractivity contribution >= 4 is 23.5 Å². The van der Waals surface area contributed by atoms with E-state index in [-0.39, 0.29) is 6.03 Å². The fraction of sp³-hybridized carbons (Fsp3) is 0.562. The van der Waals surface area contributed by atoms with E-state index in [1.54, 1.807) is 0 Å². The van der Waals surface area contributed by atoms with E-state index >= 15 is 0 Å². The Balaban J connectivity index is 1.91. The van der Waals surface area contributed by atoms with E-state index in [9.17, 15) is 4.79 Å². The maximum Gasteiger partial charge on any atom is 0.321 e. The van der Waals surface area contributed by atoms with Gasteiger partial charge in [0.05, 0.1) is 0 Å². The number of amides is 2. The molecule has 2 atom stereocenters. The Bertz CT molecular complexity index is 457. The number of carbonyl (C=O) groups is 1. The highest BCUT2D eigenvalue weighted by molar-refractivity contribution is 7.99. The zero-order valence-corrected chi connectivity index (χ0v) is 13.9. The van der Waals surface area contributed by atoms with Gasteiger partial charge in [0.2, 0.25) is 0 Å². The van der Waals surface area contributed by atoms with Crippen LogP contribution in [-0.4, -0.2) is 42.1 Å². The predicted octanol–water partition coefficient (Wildman–Crippen LogP) is 3.33. The highest BCUT2D eigenvalue weighted by Crippen LogP contribution is 2.22. The van der Waals surface area contributed by atoms with Gasteiger partial charge in [0, 0.05) is 30.6 Å². The molecule has 1 aromatic rings. The molecule has 2 unspecified atom stereocenters. The van der Waals surface area contributed by atoms with Gasteiger partial charge in [-0.25, -0.2) is 4.79 Å². The number of anilines is 1. The molecule has 1 saturated heterocycles. The molecule has 2 amide bonds. The molecule has 21 heavy (non-hydrogen) atoms. The highest BCUT2D eigenvalue weighted by Gasteiger charge is 2.23. The third kappa shape index (κ3) is 4.38. The van der Waals surface area contributed by atoms with E-state index in [1.807, 2.05) is 35.8 Å². The second-order valence-corrected chi connectivity index (χ2v) is 6.61. The van der Waals surface area contributed by atoms with Crippen LogP contribution in [0, 0.1) is 0 Å². The highest BCUT2D eigenvalue weighted by atomic mass is 32.2. The van der Waals surface area contributed by atoms with E-state index in [0.717, 1.165) is 30.2 Å². The molecule has 0 saturated carbocycles. The van der Waals surface area contributed by atoms with Crippen LogP contribution in [-0.2, 0) is 0 Å². The second kappa shape index (κ2) is 7.71. The summed E-state index contributed by atoms with van der Waals surface area (Å²) in [6.07, 6.45) is 1.09. The Morgan fingerprint density at radius 2 is 2.14 bits per heavy atom. The quantitative estimate of drug-likeness (QED) is 0.877. The maximum absolute atomic E-state index is 12.2. The molecule has 0 spiro atoms. The van der Waals surface area contributed by atoms with Crippen LogP contribution >= 0.6 is 11.8 Å². The smallest absolute Gasteiger partial charge is 0.321 e. The van der Waals surface area contributed by atoms with Gasteiger partial charge in [0.1, 0.15) is 0 Å². The number of carbonyl (C=O) groups excluding carboxylic acids is 1. The molecule has 5 heteroatoms. The Morgan fingerprint density at radius 1 is 1.43 bits per heavy atom. The average molecular weight is 307 g/mol. The fourth-order valence-electron chi connectivity index (χ4n) is 2.48. The van der Waals surface area contributed by atoms with Crippen molar-refractivity contribution in [1.29, 1.82) is 0 Å². The van der Waals surface area contributed by atoms with E-state index in [4.69, 9.17) is 0 Å². The number of nitrogens with one attached hydrogen (secondary N) is 2. The minimum atomic E-state index is -0.0185. The van der Waals surface area contributed by atoms with Gasteiger partial charge in [-0.15, -0.1) is 0 Å². The number of hydrogen-bond acceptors (Lipinski definition) is 3. The number of nitrogens with zero attached hydrogens (tertiary/aromatic N) is 1.